The normalized spacial score (nSPS) is 29.2. The molecule has 2 fully saturated rings. The van der Waals surface area contributed by atoms with E-state index in [9.17, 15) is 0 Å². The molecule has 15 heavy (non-hydrogen) atoms. The lowest BCUT2D eigenvalue weighted by atomic mass is 10.0. The van der Waals surface area contributed by atoms with E-state index in [1.54, 1.807) is 0 Å². The second-order valence-electron chi connectivity index (χ2n) is 4.28. The summed E-state index contributed by atoms with van der Waals surface area (Å²) in [5, 5.41) is 4.49. The first kappa shape index (κ1) is 12.1. The summed E-state index contributed by atoms with van der Waals surface area (Å²) < 4.78 is 5.36. The van der Waals surface area contributed by atoms with Gasteiger partial charge in [0.15, 0.2) is 0 Å². The van der Waals surface area contributed by atoms with Gasteiger partial charge >= 0.3 is 0 Å². The highest BCUT2D eigenvalue weighted by molar-refractivity contribution is 8.06. The van der Waals surface area contributed by atoms with Crippen molar-refractivity contribution in [2.75, 3.05) is 43.6 Å². The topological polar surface area (TPSA) is 21.3 Å². The van der Waals surface area contributed by atoms with Gasteiger partial charge in [-0.2, -0.15) is 23.5 Å². The standard InChI is InChI=1S/C11H21NOS2/c1-3-13-4-2-10(1)7-12-8-11-9-14-5-6-15-11/h10-12H,1-9H2. The summed E-state index contributed by atoms with van der Waals surface area (Å²) in [6.07, 6.45) is 2.50. The molecule has 0 spiro atoms. The minimum absolute atomic E-state index is 0.851. The third-order valence-corrected chi connectivity index (χ3v) is 5.88. The molecule has 88 valence electrons. The molecule has 4 heteroatoms. The maximum Gasteiger partial charge on any atom is 0.0469 e. The summed E-state index contributed by atoms with van der Waals surface area (Å²) in [4.78, 5) is 0. The maximum atomic E-state index is 5.36. The highest BCUT2D eigenvalue weighted by atomic mass is 32.2. The first-order chi connectivity index (χ1) is 7.45. The van der Waals surface area contributed by atoms with Gasteiger partial charge in [0.25, 0.3) is 0 Å². The summed E-state index contributed by atoms with van der Waals surface area (Å²) in [6, 6.07) is 0. The predicted octanol–water partition coefficient (Wildman–Crippen LogP) is 1.85. The van der Waals surface area contributed by atoms with E-state index in [0.717, 1.165) is 24.4 Å². The third-order valence-electron chi connectivity index (χ3n) is 3.03. The van der Waals surface area contributed by atoms with E-state index in [2.05, 4.69) is 28.8 Å². The first-order valence-electron chi connectivity index (χ1n) is 5.93. The molecular weight excluding hydrogens is 226 g/mol. The minimum Gasteiger partial charge on any atom is -0.381 e. The van der Waals surface area contributed by atoms with Gasteiger partial charge in [-0.15, -0.1) is 0 Å². The molecule has 0 saturated carbocycles. The number of rotatable bonds is 4. The number of ether oxygens (including phenoxy) is 1. The van der Waals surface area contributed by atoms with E-state index in [4.69, 9.17) is 4.74 Å². The molecule has 0 amide bonds. The second kappa shape index (κ2) is 7.05. The fraction of sp³-hybridized carbons (Fsp3) is 1.00. The fourth-order valence-corrected chi connectivity index (χ4v) is 4.70. The molecule has 1 N–H and O–H groups in total. The van der Waals surface area contributed by atoms with Gasteiger partial charge in [-0.3, -0.25) is 0 Å². The molecule has 1 atom stereocenters. The second-order valence-corrected chi connectivity index (χ2v) is 6.84. The minimum atomic E-state index is 0.851. The van der Waals surface area contributed by atoms with E-state index >= 15 is 0 Å². The van der Waals surface area contributed by atoms with Gasteiger partial charge in [-0.1, -0.05) is 0 Å². The van der Waals surface area contributed by atoms with Crippen molar-refractivity contribution in [1.29, 1.82) is 0 Å². The van der Waals surface area contributed by atoms with Crippen LogP contribution in [-0.4, -0.2) is 48.8 Å². The van der Waals surface area contributed by atoms with Gasteiger partial charge in [0.05, 0.1) is 0 Å². The van der Waals surface area contributed by atoms with Crippen LogP contribution in [0.4, 0.5) is 0 Å². The monoisotopic (exact) mass is 247 g/mol. The smallest absolute Gasteiger partial charge is 0.0469 e. The van der Waals surface area contributed by atoms with Crippen LogP contribution in [0.5, 0.6) is 0 Å². The molecule has 2 nitrogen and oxygen atoms in total. The lowest BCUT2D eigenvalue weighted by Gasteiger charge is -2.25. The summed E-state index contributed by atoms with van der Waals surface area (Å²) in [7, 11) is 0. The summed E-state index contributed by atoms with van der Waals surface area (Å²) in [5.74, 6) is 4.89. The van der Waals surface area contributed by atoms with Crippen molar-refractivity contribution in [1.82, 2.24) is 5.32 Å². The maximum absolute atomic E-state index is 5.36. The van der Waals surface area contributed by atoms with E-state index in [0.29, 0.717) is 0 Å². The Balaban J connectivity index is 1.53. The zero-order chi connectivity index (χ0) is 10.3. The van der Waals surface area contributed by atoms with Gasteiger partial charge < -0.3 is 10.1 Å². The van der Waals surface area contributed by atoms with Gasteiger partial charge in [0, 0.05) is 42.3 Å². The van der Waals surface area contributed by atoms with Crippen LogP contribution in [-0.2, 0) is 4.74 Å². The van der Waals surface area contributed by atoms with Crippen LogP contribution in [0.1, 0.15) is 12.8 Å². The molecule has 2 saturated heterocycles. The SMILES string of the molecule is C1CC(CNCC2CSCCS2)CCO1. The molecule has 2 heterocycles. The molecular formula is C11H21NOS2. The Morgan fingerprint density at radius 1 is 1.13 bits per heavy atom. The Labute approximate surface area is 101 Å². The molecule has 0 aromatic heterocycles. The third kappa shape index (κ3) is 4.55. The lowest BCUT2D eigenvalue weighted by Crippen LogP contribution is -2.34. The van der Waals surface area contributed by atoms with Crippen molar-refractivity contribution in [3.05, 3.63) is 0 Å². The molecule has 2 aliphatic heterocycles. The average Bonchev–Trinajstić information content (AvgIpc) is 2.32. The molecule has 2 aliphatic rings. The summed E-state index contributed by atoms with van der Waals surface area (Å²) in [5.41, 5.74) is 0. The predicted molar refractivity (Wildman–Crippen MR) is 70.0 cm³/mol. The molecule has 0 bridgehead atoms. The quantitative estimate of drug-likeness (QED) is 0.818. The number of nitrogens with one attached hydrogen (secondary N) is 1. The molecule has 1 unspecified atom stereocenters. The van der Waals surface area contributed by atoms with Crippen molar-refractivity contribution in [2.24, 2.45) is 5.92 Å². The van der Waals surface area contributed by atoms with Crippen LogP contribution in [0.25, 0.3) is 0 Å². The molecule has 0 aromatic rings. The largest absolute Gasteiger partial charge is 0.381 e. The molecule has 2 rings (SSSR count). The summed E-state index contributed by atoms with van der Waals surface area (Å²) >= 11 is 4.25. The number of thioether (sulfide) groups is 2. The van der Waals surface area contributed by atoms with E-state index in [-0.39, 0.29) is 0 Å². The Bertz CT molecular complexity index is 150. The van der Waals surface area contributed by atoms with Crippen LogP contribution >= 0.6 is 23.5 Å². The van der Waals surface area contributed by atoms with Crippen molar-refractivity contribution < 1.29 is 4.74 Å². The Kier molecular flexibility index (Phi) is 5.68. The van der Waals surface area contributed by atoms with E-state index in [1.807, 2.05) is 0 Å². The van der Waals surface area contributed by atoms with Crippen molar-refractivity contribution in [2.45, 2.75) is 18.1 Å². The molecule has 0 aliphatic carbocycles. The molecule has 0 aromatic carbocycles. The van der Waals surface area contributed by atoms with E-state index < -0.39 is 0 Å². The average molecular weight is 247 g/mol. The Morgan fingerprint density at radius 2 is 2.00 bits per heavy atom. The van der Waals surface area contributed by atoms with Gasteiger partial charge in [-0.05, 0) is 25.3 Å². The van der Waals surface area contributed by atoms with Crippen molar-refractivity contribution in [3.8, 4) is 0 Å². The van der Waals surface area contributed by atoms with Crippen LogP contribution in [0.15, 0.2) is 0 Å². The highest BCUT2D eigenvalue weighted by Gasteiger charge is 2.16. The first-order valence-corrected chi connectivity index (χ1v) is 8.13. The lowest BCUT2D eigenvalue weighted by molar-refractivity contribution is 0.0664. The van der Waals surface area contributed by atoms with Crippen LogP contribution < -0.4 is 5.32 Å². The van der Waals surface area contributed by atoms with E-state index in [1.165, 1.54) is 43.2 Å². The van der Waals surface area contributed by atoms with Crippen molar-refractivity contribution in [3.63, 3.8) is 0 Å². The van der Waals surface area contributed by atoms with Crippen LogP contribution in [0.3, 0.4) is 0 Å². The van der Waals surface area contributed by atoms with Gasteiger partial charge in [0.1, 0.15) is 0 Å². The highest BCUT2D eigenvalue weighted by Crippen LogP contribution is 2.23. The fourth-order valence-electron chi connectivity index (χ4n) is 2.05. The van der Waals surface area contributed by atoms with Gasteiger partial charge in [-0.25, -0.2) is 0 Å². The zero-order valence-corrected chi connectivity index (χ0v) is 10.9. The summed E-state index contributed by atoms with van der Waals surface area (Å²) in [6.45, 7) is 4.35. The van der Waals surface area contributed by atoms with Crippen LogP contribution in [0.2, 0.25) is 0 Å². The van der Waals surface area contributed by atoms with Crippen LogP contribution in [0, 0.1) is 5.92 Å². The number of hydrogen-bond acceptors (Lipinski definition) is 4. The molecule has 0 radical (unpaired) electrons. The zero-order valence-electron chi connectivity index (χ0n) is 9.24. The van der Waals surface area contributed by atoms with Crippen molar-refractivity contribution >= 4 is 23.5 Å². The Hall–Kier alpha value is 0.620. The number of hydrogen-bond donors (Lipinski definition) is 1. The Morgan fingerprint density at radius 3 is 2.73 bits per heavy atom. The van der Waals surface area contributed by atoms with Gasteiger partial charge in [0.2, 0.25) is 0 Å².